The lowest BCUT2D eigenvalue weighted by molar-refractivity contribution is 0.989. The van der Waals surface area contributed by atoms with Crippen molar-refractivity contribution in [2.75, 3.05) is 5.32 Å². The van der Waals surface area contributed by atoms with Crippen LogP contribution in [0.2, 0.25) is 0 Å². The number of nitrogens with one attached hydrogen (secondary N) is 2. The smallest absolute Gasteiger partial charge is 0.348 e. The van der Waals surface area contributed by atoms with Gasteiger partial charge in [-0.1, -0.05) is 6.07 Å². The normalized spacial score (nSPS) is 10.7. The van der Waals surface area contributed by atoms with E-state index in [0.717, 1.165) is 5.56 Å². The van der Waals surface area contributed by atoms with E-state index in [9.17, 15) is 4.79 Å². The third-order valence-electron chi connectivity index (χ3n) is 2.51. The molecule has 3 rings (SSSR count). The average molecular weight is 242 g/mol. The van der Waals surface area contributed by atoms with E-state index in [1.807, 2.05) is 12.1 Å². The minimum Gasteiger partial charge on any atom is -0.366 e. The molecule has 7 nitrogen and oxygen atoms in total. The average Bonchev–Trinajstić information content (AvgIpc) is 2.79. The van der Waals surface area contributed by atoms with Crippen LogP contribution in [0, 0.1) is 0 Å². The van der Waals surface area contributed by atoms with Crippen molar-refractivity contribution in [2.45, 2.75) is 6.54 Å². The van der Waals surface area contributed by atoms with Gasteiger partial charge < -0.3 is 5.32 Å². The van der Waals surface area contributed by atoms with Crippen LogP contribution in [0.1, 0.15) is 5.56 Å². The Hall–Kier alpha value is -2.70. The lowest BCUT2D eigenvalue weighted by Gasteiger charge is -2.04. The van der Waals surface area contributed by atoms with Crippen molar-refractivity contribution in [3.05, 3.63) is 53.0 Å². The number of hydrogen-bond donors (Lipinski definition) is 2. The predicted octanol–water partition coefficient (Wildman–Crippen LogP) is 0.425. The van der Waals surface area contributed by atoms with Gasteiger partial charge in [-0.2, -0.15) is 5.10 Å². The maximum atomic E-state index is 11.2. The highest BCUT2D eigenvalue weighted by Crippen LogP contribution is 2.06. The molecule has 2 N–H and O–H groups in total. The number of nitrogens with zero attached hydrogens (tertiary/aromatic N) is 4. The first-order valence-electron chi connectivity index (χ1n) is 5.38. The maximum absolute atomic E-state index is 11.2. The summed E-state index contributed by atoms with van der Waals surface area (Å²) in [6.07, 6.45) is 4.95. The van der Waals surface area contributed by atoms with Gasteiger partial charge in [-0.05, 0) is 11.6 Å². The number of fused-ring (bicyclic) bond motifs is 1. The number of pyridine rings is 1. The number of rotatable bonds is 3. The standard InChI is InChI=1S/C11H10N6O/c18-11-16-15-10-4-9(14-7-17(10)11)13-6-8-2-1-3-12-5-8/h1-5,7,13H,6H2,(H,16,18). The maximum Gasteiger partial charge on any atom is 0.348 e. The van der Waals surface area contributed by atoms with Crippen molar-refractivity contribution < 1.29 is 0 Å². The van der Waals surface area contributed by atoms with Crippen LogP contribution in [0.25, 0.3) is 5.65 Å². The van der Waals surface area contributed by atoms with Gasteiger partial charge in [-0.15, -0.1) is 0 Å². The number of H-pyrrole nitrogens is 1. The van der Waals surface area contributed by atoms with Crippen molar-refractivity contribution in [1.82, 2.24) is 24.6 Å². The Morgan fingerprint density at radius 2 is 2.39 bits per heavy atom. The van der Waals surface area contributed by atoms with E-state index in [4.69, 9.17) is 0 Å². The number of hydrogen-bond acceptors (Lipinski definition) is 5. The summed E-state index contributed by atoms with van der Waals surface area (Å²) in [7, 11) is 0. The molecule has 0 amide bonds. The van der Waals surface area contributed by atoms with Gasteiger partial charge >= 0.3 is 5.69 Å². The second kappa shape index (κ2) is 4.28. The second-order valence-corrected chi connectivity index (χ2v) is 3.75. The van der Waals surface area contributed by atoms with E-state index in [2.05, 4.69) is 25.5 Å². The molecule has 0 saturated heterocycles. The summed E-state index contributed by atoms with van der Waals surface area (Å²) in [5, 5.41) is 9.37. The van der Waals surface area contributed by atoms with Gasteiger partial charge in [0.2, 0.25) is 0 Å². The van der Waals surface area contributed by atoms with Crippen LogP contribution < -0.4 is 11.0 Å². The molecule has 0 spiro atoms. The fourth-order valence-electron chi connectivity index (χ4n) is 1.60. The molecule has 0 radical (unpaired) electrons. The Kier molecular flexibility index (Phi) is 2.49. The fraction of sp³-hybridized carbons (Fsp3) is 0.0909. The molecule has 0 saturated carbocycles. The van der Waals surface area contributed by atoms with Gasteiger partial charge in [-0.3, -0.25) is 4.98 Å². The summed E-state index contributed by atoms with van der Waals surface area (Å²) in [4.78, 5) is 19.4. The third kappa shape index (κ3) is 1.93. The quantitative estimate of drug-likeness (QED) is 0.695. The van der Waals surface area contributed by atoms with Crippen molar-refractivity contribution in [2.24, 2.45) is 0 Å². The Morgan fingerprint density at radius 3 is 3.22 bits per heavy atom. The zero-order valence-corrected chi connectivity index (χ0v) is 9.37. The highest BCUT2D eigenvalue weighted by atomic mass is 16.1. The van der Waals surface area contributed by atoms with Crippen LogP contribution >= 0.6 is 0 Å². The fourth-order valence-corrected chi connectivity index (χ4v) is 1.60. The first-order valence-corrected chi connectivity index (χ1v) is 5.38. The van der Waals surface area contributed by atoms with Crippen LogP contribution in [0.3, 0.4) is 0 Å². The van der Waals surface area contributed by atoms with Gasteiger partial charge in [0.1, 0.15) is 12.1 Å². The van der Waals surface area contributed by atoms with E-state index in [-0.39, 0.29) is 5.69 Å². The predicted molar refractivity (Wildman–Crippen MR) is 65.2 cm³/mol. The highest BCUT2D eigenvalue weighted by Gasteiger charge is 2.01. The lowest BCUT2D eigenvalue weighted by atomic mass is 10.3. The SMILES string of the molecule is O=c1[nH]nc2cc(NCc3cccnc3)ncn12. The van der Waals surface area contributed by atoms with E-state index >= 15 is 0 Å². The van der Waals surface area contributed by atoms with E-state index in [1.165, 1.54) is 10.7 Å². The molecule has 3 aromatic rings. The van der Waals surface area contributed by atoms with Crippen LogP contribution in [0.4, 0.5) is 5.82 Å². The Labute approximate surface area is 102 Å². The summed E-state index contributed by atoms with van der Waals surface area (Å²) < 4.78 is 1.34. The minimum atomic E-state index is -0.295. The first-order chi connectivity index (χ1) is 8.83. The third-order valence-corrected chi connectivity index (χ3v) is 2.51. The van der Waals surface area contributed by atoms with Crippen molar-refractivity contribution in [3.63, 3.8) is 0 Å². The number of aromatic amines is 1. The molecule has 18 heavy (non-hydrogen) atoms. The molecule has 3 aromatic heterocycles. The monoisotopic (exact) mass is 242 g/mol. The molecule has 0 aromatic carbocycles. The van der Waals surface area contributed by atoms with E-state index in [0.29, 0.717) is 18.0 Å². The van der Waals surface area contributed by atoms with Crippen LogP contribution in [-0.4, -0.2) is 24.6 Å². The highest BCUT2D eigenvalue weighted by molar-refractivity contribution is 5.48. The largest absolute Gasteiger partial charge is 0.366 e. The molecule has 0 fully saturated rings. The summed E-state index contributed by atoms with van der Waals surface area (Å²) >= 11 is 0. The second-order valence-electron chi connectivity index (χ2n) is 3.75. The Morgan fingerprint density at radius 1 is 1.44 bits per heavy atom. The van der Waals surface area contributed by atoms with Crippen molar-refractivity contribution in [1.29, 1.82) is 0 Å². The first kappa shape index (κ1) is 10.5. The summed E-state index contributed by atoms with van der Waals surface area (Å²) in [5.74, 6) is 0.658. The topological polar surface area (TPSA) is 88.0 Å². The molecule has 3 heterocycles. The molecule has 7 heteroatoms. The Bertz CT molecular complexity index is 717. The minimum absolute atomic E-state index is 0.295. The number of aromatic nitrogens is 5. The number of anilines is 1. The molecule has 0 aliphatic rings. The van der Waals surface area contributed by atoms with Gasteiger partial charge in [0.15, 0.2) is 5.65 Å². The van der Waals surface area contributed by atoms with Gasteiger partial charge in [0.25, 0.3) is 0 Å². The van der Waals surface area contributed by atoms with E-state index in [1.54, 1.807) is 18.5 Å². The summed E-state index contributed by atoms with van der Waals surface area (Å²) in [5.41, 5.74) is 1.29. The molecule has 0 unspecified atom stereocenters. The zero-order chi connectivity index (χ0) is 12.4. The van der Waals surface area contributed by atoms with Gasteiger partial charge in [0.05, 0.1) is 0 Å². The van der Waals surface area contributed by atoms with Crippen LogP contribution in [0.15, 0.2) is 41.7 Å². The molecule has 0 aliphatic carbocycles. The Balaban J connectivity index is 1.81. The summed E-state index contributed by atoms with van der Waals surface area (Å²) in [6.45, 7) is 0.617. The van der Waals surface area contributed by atoms with E-state index < -0.39 is 0 Å². The van der Waals surface area contributed by atoms with Crippen molar-refractivity contribution in [3.8, 4) is 0 Å². The molecular formula is C11H10N6O. The van der Waals surface area contributed by atoms with Crippen LogP contribution in [-0.2, 0) is 6.54 Å². The molecule has 0 bridgehead atoms. The molecule has 0 atom stereocenters. The zero-order valence-electron chi connectivity index (χ0n) is 9.37. The molecular weight excluding hydrogens is 232 g/mol. The molecule has 90 valence electrons. The summed E-state index contributed by atoms with van der Waals surface area (Å²) in [6, 6.07) is 5.55. The van der Waals surface area contributed by atoms with Gasteiger partial charge in [0, 0.05) is 25.0 Å². The van der Waals surface area contributed by atoms with Crippen LogP contribution in [0.5, 0.6) is 0 Å². The molecule has 0 aliphatic heterocycles. The van der Waals surface area contributed by atoms with Gasteiger partial charge in [-0.25, -0.2) is 19.3 Å². The van der Waals surface area contributed by atoms with Crippen molar-refractivity contribution >= 4 is 11.5 Å². The lowest BCUT2D eigenvalue weighted by Crippen LogP contribution is -2.10.